The summed E-state index contributed by atoms with van der Waals surface area (Å²) in [6.45, 7) is 2.40. The van der Waals surface area contributed by atoms with Crippen LogP contribution >= 0.6 is 0 Å². The van der Waals surface area contributed by atoms with E-state index in [0.717, 1.165) is 27.5 Å². The molecule has 0 fully saturated rings. The molecule has 4 aromatic carbocycles. The number of aromatic nitrogens is 1. The summed E-state index contributed by atoms with van der Waals surface area (Å²) in [5.74, 6) is 0.322. The predicted octanol–water partition coefficient (Wildman–Crippen LogP) is 6.46. The molecule has 1 atom stereocenters. The number of hydrogen-bond acceptors (Lipinski definition) is 4. The zero-order chi connectivity index (χ0) is 23.5. The molecule has 0 N–H and O–H groups in total. The van der Waals surface area contributed by atoms with Gasteiger partial charge in [-0.25, -0.2) is 4.79 Å². The van der Waals surface area contributed by atoms with Gasteiger partial charge in [0, 0.05) is 5.56 Å². The van der Waals surface area contributed by atoms with Crippen LogP contribution in [0.1, 0.15) is 24.1 Å². The van der Waals surface area contributed by atoms with Gasteiger partial charge in [-0.3, -0.25) is 4.57 Å². The van der Waals surface area contributed by atoms with Gasteiger partial charge in [0.25, 0.3) is 0 Å². The minimum atomic E-state index is -0.481. The summed E-state index contributed by atoms with van der Waals surface area (Å²) in [6, 6.07) is 31.6. The molecule has 1 heterocycles. The zero-order valence-electron chi connectivity index (χ0n) is 19.1. The first kappa shape index (κ1) is 21.6. The summed E-state index contributed by atoms with van der Waals surface area (Å²) in [5.41, 5.74) is 3.36. The lowest BCUT2D eigenvalue weighted by Crippen LogP contribution is -2.21. The Kier molecular flexibility index (Phi) is 5.91. The number of ether oxygens (including phenoxy) is 2. The van der Waals surface area contributed by atoms with Crippen molar-refractivity contribution >= 4 is 10.8 Å². The van der Waals surface area contributed by atoms with Gasteiger partial charge in [0.2, 0.25) is 0 Å². The van der Waals surface area contributed by atoms with Crippen molar-refractivity contribution in [2.45, 2.75) is 19.6 Å². The van der Waals surface area contributed by atoms with Crippen molar-refractivity contribution in [3.05, 3.63) is 119 Å². The number of para-hydroxylation sites is 1. The summed E-state index contributed by atoms with van der Waals surface area (Å²) >= 11 is 0. The highest BCUT2D eigenvalue weighted by Crippen LogP contribution is 2.39. The lowest BCUT2D eigenvalue weighted by atomic mass is 9.99. The Bertz CT molecular complexity index is 1480. The highest BCUT2D eigenvalue weighted by Gasteiger charge is 2.27. The maximum atomic E-state index is 13.1. The van der Waals surface area contributed by atoms with Gasteiger partial charge >= 0.3 is 11.7 Å². The Morgan fingerprint density at radius 2 is 1.56 bits per heavy atom. The van der Waals surface area contributed by atoms with Crippen LogP contribution in [-0.2, 0) is 6.61 Å². The number of methoxy groups -OCH3 is 1. The van der Waals surface area contributed by atoms with Crippen LogP contribution in [-0.4, -0.2) is 11.7 Å². The smallest absolute Gasteiger partial charge is 0.423 e. The fourth-order valence-corrected chi connectivity index (χ4v) is 4.37. The van der Waals surface area contributed by atoms with Crippen molar-refractivity contribution in [1.82, 2.24) is 4.57 Å². The third kappa shape index (κ3) is 3.97. The van der Waals surface area contributed by atoms with Crippen molar-refractivity contribution in [1.29, 1.82) is 0 Å². The van der Waals surface area contributed by atoms with Gasteiger partial charge in [0.1, 0.15) is 18.1 Å². The van der Waals surface area contributed by atoms with E-state index in [9.17, 15) is 4.79 Å². The number of hydrogen-bond donors (Lipinski definition) is 0. The molecule has 5 rings (SSSR count). The maximum Gasteiger partial charge on any atom is 0.423 e. The van der Waals surface area contributed by atoms with E-state index in [0.29, 0.717) is 18.1 Å². The van der Waals surface area contributed by atoms with Gasteiger partial charge in [-0.1, -0.05) is 84.9 Å². The molecule has 0 spiro atoms. The van der Waals surface area contributed by atoms with Crippen molar-refractivity contribution in [3.63, 3.8) is 0 Å². The minimum absolute atomic E-state index is 0.160. The van der Waals surface area contributed by atoms with Crippen molar-refractivity contribution in [2.75, 3.05) is 7.11 Å². The average Bonchev–Trinajstić information content (AvgIpc) is 3.23. The van der Waals surface area contributed by atoms with Gasteiger partial charge in [0.05, 0.1) is 13.2 Å². The molecule has 0 radical (unpaired) electrons. The van der Waals surface area contributed by atoms with Crippen molar-refractivity contribution in [3.8, 4) is 23.0 Å². The Hall–Kier alpha value is -4.25. The van der Waals surface area contributed by atoms with Crippen molar-refractivity contribution in [2.24, 2.45) is 0 Å². The van der Waals surface area contributed by atoms with Crippen LogP contribution in [0.15, 0.2) is 106 Å². The van der Waals surface area contributed by atoms with Gasteiger partial charge in [-0.05, 0) is 41.0 Å². The molecule has 1 unspecified atom stereocenters. The predicted molar refractivity (Wildman–Crippen MR) is 133 cm³/mol. The first-order chi connectivity index (χ1) is 16.7. The average molecular weight is 452 g/mol. The number of nitrogens with zero attached hydrogens (tertiary/aromatic N) is 1. The molecule has 1 aromatic heterocycles. The maximum absolute atomic E-state index is 13.1. The molecule has 0 aliphatic heterocycles. The molecule has 0 saturated carbocycles. The molecule has 5 heteroatoms. The molecule has 0 amide bonds. The van der Waals surface area contributed by atoms with E-state index >= 15 is 0 Å². The summed E-state index contributed by atoms with van der Waals surface area (Å²) in [6.07, 6.45) is 0. The number of oxazole rings is 1. The molecule has 0 aliphatic carbocycles. The van der Waals surface area contributed by atoms with E-state index in [4.69, 9.17) is 13.9 Å². The van der Waals surface area contributed by atoms with E-state index in [-0.39, 0.29) is 12.0 Å². The van der Waals surface area contributed by atoms with E-state index in [1.165, 1.54) is 7.11 Å². The van der Waals surface area contributed by atoms with Crippen LogP contribution in [0.4, 0.5) is 0 Å². The normalized spacial score (nSPS) is 11.9. The number of fused-ring (bicyclic) bond motifs is 1. The van der Waals surface area contributed by atoms with Gasteiger partial charge < -0.3 is 13.9 Å². The Morgan fingerprint density at radius 3 is 2.38 bits per heavy atom. The molecule has 5 aromatic rings. The largest absolute Gasteiger partial charge is 0.488 e. The second kappa shape index (κ2) is 9.32. The van der Waals surface area contributed by atoms with E-state index < -0.39 is 5.76 Å². The number of benzene rings is 4. The molecule has 170 valence electrons. The fourth-order valence-electron chi connectivity index (χ4n) is 4.37. The van der Waals surface area contributed by atoms with Crippen LogP contribution in [0.3, 0.4) is 0 Å². The third-order valence-electron chi connectivity index (χ3n) is 6.04. The Labute approximate surface area is 197 Å². The SMILES string of the molecule is COc1oc(=O)n(C(C)c2cccc3ccccc23)c1-c1ccccc1OCc1ccccc1. The molecular weight excluding hydrogens is 426 g/mol. The Balaban J connectivity index is 1.62. The van der Waals surface area contributed by atoms with Gasteiger partial charge in [-0.15, -0.1) is 0 Å². The fraction of sp³-hybridized carbons (Fsp3) is 0.138. The first-order valence-corrected chi connectivity index (χ1v) is 11.2. The summed E-state index contributed by atoms with van der Waals surface area (Å²) in [7, 11) is 1.50. The monoisotopic (exact) mass is 451 g/mol. The molecule has 34 heavy (non-hydrogen) atoms. The van der Waals surface area contributed by atoms with Crippen molar-refractivity contribution < 1.29 is 13.9 Å². The van der Waals surface area contributed by atoms with Crippen LogP contribution in [0, 0.1) is 0 Å². The molecule has 0 saturated heterocycles. The zero-order valence-corrected chi connectivity index (χ0v) is 19.1. The quantitative estimate of drug-likeness (QED) is 0.285. The second-order valence-corrected chi connectivity index (χ2v) is 8.09. The van der Waals surface area contributed by atoms with Gasteiger partial charge in [0.15, 0.2) is 0 Å². The van der Waals surface area contributed by atoms with Crippen LogP contribution < -0.4 is 15.2 Å². The van der Waals surface area contributed by atoms with Gasteiger partial charge in [-0.2, -0.15) is 0 Å². The summed E-state index contributed by atoms with van der Waals surface area (Å²) in [5, 5.41) is 2.20. The topological polar surface area (TPSA) is 53.6 Å². The highest BCUT2D eigenvalue weighted by atomic mass is 16.6. The first-order valence-electron chi connectivity index (χ1n) is 11.2. The summed E-state index contributed by atoms with van der Waals surface area (Å²) in [4.78, 5) is 13.1. The van der Waals surface area contributed by atoms with Crippen LogP contribution in [0.25, 0.3) is 22.0 Å². The van der Waals surface area contributed by atoms with E-state index in [2.05, 4.69) is 18.2 Å². The minimum Gasteiger partial charge on any atom is -0.488 e. The highest BCUT2D eigenvalue weighted by molar-refractivity contribution is 5.86. The van der Waals surface area contributed by atoms with Crippen LogP contribution in [0.5, 0.6) is 11.7 Å². The molecule has 0 aliphatic rings. The van der Waals surface area contributed by atoms with E-state index in [1.54, 1.807) is 4.57 Å². The molecule has 5 nitrogen and oxygen atoms in total. The number of rotatable bonds is 7. The summed E-state index contributed by atoms with van der Waals surface area (Å²) < 4.78 is 18.9. The second-order valence-electron chi connectivity index (χ2n) is 8.09. The lowest BCUT2D eigenvalue weighted by molar-refractivity contribution is 0.292. The van der Waals surface area contributed by atoms with Crippen LogP contribution in [0.2, 0.25) is 0 Å². The Morgan fingerprint density at radius 1 is 0.853 bits per heavy atom. The molecular formula is C29H25NO4. The lowest BCUT2D eigenvalue weighted by Gasteiger charge is -2.19. The third-order valence-corrected chi connectivity index (χ3v) is 6.04. The van der Waals surface area contributed by atoms with E-state index in [1.807, 2.05) is 85.8 Å². The molecule has 0 bridgehead atoms. The standard InChI is InChI=1S/C29H25NO4/c1-20(23-17-10-14-22-13-6-7-15-24(22)23)30-27(28(32-2)34-29(30)31)25-16-8-9-18-26(25)33-19-21-11-4-3-5-12-21/h3-18,20H,19H2,1-2H3.